The molecule has 1 aliphatic rings. The first-order chi connectivity index (χ1) is 8.16. The van der Waals surface area contributed by atoms with Crippen molar-refractivity contribution >= 4 is 0 Å². The van der Waals surface area contributed by atoms with E-state index in [1.54, 1.807) is 0 Å². The van der Waals surface area contributed by atoms with Crippen molar-refractivity contribution in [3.63, 3.8) is 0 Å². The molecule has 1 aliphatic heterocycles. The van der Waals surface area contributed by atoms with Gasteiger partial charge >= 0.3 is 0 Å². The zero-order chi connectivity index (χ0) is 12.3. The van der Waals surface area contributed by atoms with Crippen molar-refractivity contribution < 1.29 is 0 Å². The first-order valence-electron chi connectivity index (χ1n) is 6.42. The lowest BCUT2D eigenvalue weighted by molar-refractivity contribution is 0.228. The minimum absolute atomic E-state index is 0.132. The molecular weight excluding hydrogens is 210 g/mol. The molecule has 1 unspecified atom stereocenters. The predicted octanol–water partition coefficient (Wildman–Crippen LogP) is 1.21. The Kier molecular flexibility index (Phi) is 4.15. The van der Waals surface area contributed by atoms with E-state index in [0.29, 0.717) is 0 Å². The first-order valence-corrected chi connectivity index (χ1v) is 6.42. The lowest BCUT2D eigenvalue weighted by Crippen LogP contribution is -2.45. The fourth-order valence-electron chi connectivity index (χ4n) is 2.27. The van der Waals surface area contributed by atoms with Gasteiger partial charge in [-0.3, -0.25) is 4.90 Å². The Morgan fingerprint density at radius 3 is 2.59 bits per heavy atom. The normalized spacial score (nSPS) is 19.2. The molecule has 17 heavy (non-hydrogen) atoms. The number of nitrogens with zero attached hydrogens (tertiary/aromatic N) is 1. The number of aryl methyl sites for hydroxylation is 2. The molecule has 3 nitrogen and oxygen atoms in total. The van der Waals surface area contributed by atoms with Gasteiger partial charge in [-0.1, -0.05) is 18.2 Å². The molecule has 1 aromatic rings. The maximum absolute atomic E-state index is 6.28. The van der Waals surface area contributed by atoms with Gasteiger partial charge in [-0.25, -0.2) is 0 Å². The molecule has 0 aliphatic carbocycles. The highest BCUT2D eigenvalue weighted by Crippen LogP contribution is 2.16. The lowest BCUT2D eigenvalue weighted by atomic mass is 10.0. The maximum atomic E-state index is 6.28. The molecule has 1 aromatic carbocycles. The topological polar surface area (TPSA) is 41.3 Å². The van der Waals surface area contributed by atoms with E-state index in [2.05, 4.69) is 42.3 Å². The Bertz CT molecular complexity index is 370. The second-order valence-corrected chi connectivity index (χ2v) is 5.00. The molecule has 0 aromatic heterocycles. The quantitative estimate of drug-likeness (QED) is 0.824. The fraction of sp³-hybridized carbons (Fsp3) is 0.571. The minimum Gasteiger partial charge on any atom is -0.323 e. The summed E-state index contributed by atoms with van der Waals surface area (Å²) in [5.74, 6) is 0. The van der Waals surface area contributed by atoms with Crippen LogP contribution in [0, 0.1) is 13.8 Å². The van der Waals surface area contributed by atoms with Gasteiger partial charge in [0.25, 0.3) is 0 Å². The van der Waals surface area contributed by atoms with Gasteiger partial charge in [0.2, 0.25) is 0 Å². The van der Waals surface area contributed by atoms with Crippen LogP contribution in [0.5, 0.6) is 0 Å². The third-order valence-corrected chi connectivity index (χ3v) is 3.62. The van der Waals surface area contributed by atoms with Gasteiger partial charge in [-0.05, 0) is 30.5 Å². The molecule has 1 heterocycles. The van der Waals surface area contributed by atoms with Crippen molar-refractivity contribution in [2.45, 2.75) is 19.9 Å². The van der Waals surface area contributed by atoms with Crippen LogP contribution in [0.15, 0.2) is 18.2 Å². The summed E-state index contributed by atoms with van der Waals surface area (Å²) >= 11 is 0. The summed E-state index contributed by atoms with van der Waals surface area (Å²) < 4.78 is 0. The molecule has 0 bridgehead atoms. The summed E-state index contributed by atoms with van der Waals surface area (Å²) in [5.41, 5.74) is 10.2. The average Bonchev–Trinajstić information content (AvgIpc) is 2.34. The number of nitrogens with two attached hydrogens (primary N) is 1. The Labute approximate surface area is 104 Å². The van der Waals surface area contributed by atoms with Crippen LogP contribution in [0.1, 0.15) is 22.7 Å². The predicted molar refractivity (Wildman–Crippen MR) is 72.2 cm³/mol. The highest BCUT2D eigenvalue weighted by Gasteiger charge is 2.14. The van der Waals surface area contributed by atoms with Crippen LogP contribution in [0.25, 0.3) is 0 Å². The molecule has 0 amide bonds. The Balaban J connectivity index is 1.98. The summed E-state index contributed by atoms with van der Waals surface area (Å²) in [7, 11) is 0. The van der Waals surface area contributed by atoms with Crippen LogP contribution >= 0.6 is 0 Å². The standard InChI is InChI=1S/C14H23N3/c1-11-3-4-13(9-12(11)2)14(15)10-17-7-5-16-6-8-17/h3-4,9,14,16H,5-8,10,15H2,1-2H3. The van der Waals surface area contributed by atoms with Crippen LogP contribution in [-0.4, -0.2) is 37.6 Å². The molecule has 3 N–H and O–H groups in total. The molecule has 0 radical (unpaired) electrons. The van der Waals surface area contributed by atoms with Gasteiger partial charge in [-0.15, -0.1) is 0 Å². The van der Waals surface area contributed by atoms with E-state index in [-0.39, 0.29) is 6.04 Å². The molecular formula is C14H23N3. The highest BCUT2D eigenvalue weighted by molar-refractivity contribution is 5.31. The summed E-state index contributed by atoms with van der Waals surface area (Å²) in [4.78, 5) is 2.44. The van der Waals surface area contributed by atoms with Crippen LogP contribution in [-0.2, 0) is 0 Å². The third kappa shape index (κ3) is 3.28. The van der Waals surface area contributed by atoms with Crippen molar-refractivity contribution in [1.29, 1.82) is 0 Å². The van der Waals surface area contributed by atoms with E-state index < -0.39 is 0 Å². The summed E-state index contributed by atoms with van der Waals surface area (Å²) in [6.07, 6.45) is 0. The van der Waals surface area contributed by atoms with E-state index in [0.717, 1.165) is 32.7 Å². The second kappa shape index (κ2) is 5.63. The molecule has 94 valence electrons. The molecule has 1 atom stereocenters. The van der Waals surface area contributed by atoms with Gasteiger partial charge in [0.05, 0.1) is 0 Å². The molecule has 1 saturated heterocycles. The number of piperazine rings is 1. The summed E-state index contributed by atoms with van der Waals surface area (Å²) in [6, 6.07) is 6.69. The highest BCUT2D eigenvalue weighted by atomic mass is 15.2. The second-order valence-electron chi connectivity index (χ2n) is 5.00. The van der Waals surface area contributed by atoms with E-state index >= 15 is 0 Å². The molecule has 0 saturated carbocycles. The van der Waals surface area contributed by atoms with Crippen LogP contribution in [0.4, 0.5) is 0 Å². The third-order valence-electron chi connectivity index (χ3n) is 3.62. The van der Waals surface area contributed by atoms with Crippen molar-refractivity contribution in [1.82, 2.24) is 10.2 Å². The van der Waals surface area contributed by atoms with Gasteiger partial charge in [0, 0.05) is 38.8 Å². The zero-order valence-corrected chi connectivity index (χ0v) is 10.9. The van der Waals surface area contributed by atoms with Crippen molar-refractivity contribution in [3.8, 4) is 0 Å². The molecule has 2 rings (SSSR count). The summed E-state index contributed by atoms with van der Waals surface area (Å²) in [6.45, 7) is 9.64. The van der Waals surface area contributed by atoms with E-state index in [1.807, 2.05) is 0 Å². The molecule has 1 fully saturated rings. The zero-order valence-electron chi connectivity index (χ0n) is 10.9. The van der Waals surface area contributed by atoms with E-state index in [9.17, 15) is 0 Å². The van der Waals surface area contributed by atoms with Crippen molar-refractivity contribution in [3.05, 3.63) is 34.9 Å². The molecule has 3 heteroatoms. The SMILES string of the molecule is Cc1ccc(C(N)CN2CCNCC2)cc1C. The van der Waals surface area contributed by atoms with Crippen molar-refractivity contribution in [2.75, 3.05) is 32.7 Å². The van der Waals surface area contributed by atoms with Gasteiger partial charge < -0.3 is 11.1 Å². The lowest BCUT2D eigenvalue weighted by Gasteiger charge is -2.29. The number of nitrogens with one attached hydrogen (secondary N) is 1. The number of benzene rings is 1. The van der Waals surface area contributed by atoms with Gasteiger partial charge in [0.15, 0.2) is 0 Å². The van der Waals surface area contributed by atoms with Crippen molar-refractivity contribution in [2.24, 2.45) is 5.73 Å². The first kappa shape index (κ1) is 12.6. The average molecular weight is 233 g/mol. The van der Waals surface area contributed by atoms with Gasteiger partial charge in [0.1, 0.15) is 0 Å². The summed E-state index contributed by atoms with van der Waals surface area (Å²) in [5, 5.41) is 3.36. The largest absolute Gasteiger partial charge is 0.323 e. The monoisotopic (exact) mass is 233 g/mol. The van der Waals surface area contributed by atoms with Crippen LogP contribution in [0.2, 0.25) is 0 Å². The Hall–Kier alpha value is -0.900. The smallest absolute Gasteiger partial charge is 0.0424 e. The van der Waals surface area contributed by atoms with Crippen LogP contribution in [0.3, 0.4) is 0 Å². The van der Waals surface area contributed by atoms with Crippen LogP contribution < -0.4 is 11.1 Å². The minimum atomic E-state index is 0.132. The fourth-order valence-corrected chi connectivity index (χ4v) is 2.27. The number of rotatable bonds is 3. The Morgan fingerprint density at radius 1 is 1.24 bits per heavy atom. The van der Waals surface area contributed by atoms with E-state index in [1.165, 1.54) is 16.7 Å². The van der Waals surface area contributed by atoms with Gasteiger partial charge in [-0.2, -0.15) is 0 Å². The number of hydrogen-bond acceptors (Lipinski definition) is 3. The Morgan fingerprint density at radius 2 is 1.94 bits per heavy atom. The maximum Gasteiger partial charge on any atom is 0.0424 e. The number of hydrogen-bond donors (Lipinski definition) is 2. The van der Waals surface area contributed by atoms with E-state index in [4.69, 9.17) is 5.73 Å². The molecule has 0 spiro atoms.